The fourth-order valence-corrected chi connectivity index (χ4v) is 3.87. The summed E-state index contributed by atoms with van der Waals surface area (Å²) in [4.78, 5) is 31.6. The fourth-order valence-electron chi connectivity index (χ4n) is 3.87. The minimum atomic E-state index is -0.881. The molecule has 1 aliphatic rings. The number of carbonyl (C=O) groups is 2. The van der Waals surface area contributed by atoms with Gasteiger partial charge < -0.3 is 19.5 Å². The van der Waals surface area contributed by atoms with Crippen molar-refractivity contribution >= 4 is 17.4 Å². The summed E-state index contributed by atoms with van der Waals surface area (Å²) < 4.78 is 24.0. The summed E-state index contributed by atoms with van der Waals surface area (Å²) in [6.07, 6.45) is 3.08. The molecule has 33 heavy (non-hydrogen) atoms. The molecular formula is C25H21FN2O5. The predicted octanol–water partition coefficient (Wildman–Crippen LogP) is 3.86. The molecule has 1 atom stereocenters. The van der Waals surface area contributed by atoms with Crippen molar-refractivity contribution in [3.05, 3.63) is 95.1 Å². The van der Waals surface area contributed by atoms with Gasteiger partial charge in [-0.1, -0.05) is 12.1 Å². The van der Waals surface area contributed by atoms with E-state index >= 15 is 0 Å². The number of aliphatic hydroxyl groups excluding tert-OH is 1. The van der Waals surface area contributed by atoms with E-state index in [1.54, 1.807) is 48.8 Å². The molecule has 4 rings (SSSR count). The zero-order valence-electron chi connectivity index (χ0n) is 18.0. The van der Waals surface area contributed by atoms with Gasteiger partial charge in [0, 0.05) is 18.9 Å². The second-order valence-corrected chi connectivity index (χ2v) is 7.40. The van der Waals surface area contributed by atoms with E-state index in [0.29, 0.717) is 22.6 Å². The smallest absolute Gasteiger partial charge is 0.295 e. The number of aliphatic hydroxyl groups is 1. The summed E-state index contributed by atoms with van der Waals surface area (Å²) in [7, 11) is 2.91. The molecule has 1 saturated heterocycles. The predicted molar refractivity (Wildman–Crippen MR) is 118 cm³/mol. The van der Waals surface area contributed by atoms with Crippen LogP contribution in [0.2, 0.25) is 0 Å². The van der Waals surface area contributed by atoms with Crippen molar-refractivity contribution in [3.63, 3.8) is 0 Å². The monoisotopic (exact) mass is 448 g/mol. The first-order valence-electron chi connectivity index (χ1n) is 10.1. The Morgan fingerprint density at radius 2 is 1.73 bits per heavy atom. The maximum Gasteiger partial charge on any atom is 0.295 e. The van der Waals surface area contributed by atoms with Crippen LogP contribution < -0.4 is 9.47 Å². The van der Waals surface area contributed by atoms with E-state index in [1.807, 2.05) is 0 Å². The highest BCUT2D eigenvalue weighted by atomic mass is 19.1. The van der Waals surface area contributed by atoms with Gasteiger partial charge in [-0.15, -0.1) is 0 Å². The highest BCUT2D eigenvalue weighted by Gasteiger charge is 2.46. The lowest BCUT2D eigenvalue weighted by atomic mass is 9.95. The standard InChI is InChI=1S/C25H21FN2O5/c1-32-18-7-8-20(33-2)19(13-18)23(29)21-22(16-9-11-27-12-10-16)28(25(31)24(21)30)14-15-3-5-17(26)6-4-15/h3-13,22,29H,14H2,1-2H3/b23-21+. The van der Waals surface area contributed by atoms with Crippen LogP contribution in [0.1, 0.15) is 22.7 Å². The molecule has 1 aromatic heterocycles. The van der Waals surface area contributed by atoms with Crippen molar-refractivity contribution in [2.24, 2.45) is 0 Å². The number of carbonyl (C=O) groups excluding carboxylic acids is 2. The second-order valence-electron chi connectivity index (χ2n) is 7.40. The fraction of sp³-hybridized carbons (Fsp3) is 0.160. The number of hydrogen-bond acceptors (Lipinski definition) is 6. The minimum Gasteiger partial charge on any atom is -0.507 e. The summed E-state index contributed by atoms with van der Waals surface area (Å²) >= 11 is 0. The number of methoxy groups -OCH3 is 2. The molecule has 8 heteroatoms. The van der Waals surface area contributed by atoms with Crippen LogP contribution in [-0.2, 0) is 16.1 Å². The molecule has 168 valence electrons. The van der Waals surface area contributed by atoms with Crippen LogP contribution in [0.3, 0.4) is 0 Å². The number of aromatic nitrogens is 1. The molecule has 1 amide bonds. The average molecular weight is 448 g/mol. The van der Waals surface area contributed by atoms with E-state index in [2.05, 4.69) is 4.98 Å². The molecule has 1 fully saturated rings. The number of benzene rings is 2. The topological polar surface area (TPSA) is 89.0 Å². The van der Waals surface area contributed by atoms with Crippen LogP contribution in [0.5, 0.6) is 11.5 Å². The van der Waals surface area contributed by atoms with Crippen molar-refractivity contribution in [2.45, 2.75) is 12.6 Å². The van der Waals surface area contributed by atoms with Crippen molar-refractivity contribution in [1.82, 2.24) is 9.88 Å². The molecular weight excluding hydrogens is 427 g/mol. The van der Waals surface area contributed by atoms with Gasteiger partial charge in [0.05, 0.1) is 31.4 Å². The van der Waals surface area contributed by atoms with Gasteiger partial charge in [0.1, 0.15) is 23.1 Å². The van der Waals surface area contributed by atoms with Gasteiger partial charge >= 0.3 is 0 Å². The van der Waals surface area contributed by atoms with Crippen LogP contribution in [-0.4, -0.2) is 40.9 Å². The molecule has 1 unspecified atom stereocenters. The summed E-state index contributed by atoms with van der Waals surface area (Å²) in [5.41, 5.74) is 1.36. The molecule has 0 bridgehead atoms. The van der Waals surface area contributed by atoms with Gasteiger partial charge in [-0.05, 0) is 53.6 Å². The zero-order valence-corrected chi connectivity index (χ0v) is 18.0. The van der Waals surface area contributed by atoms with Crippen molar-refractivity contribution in [1.29, 1.82) is 0 Å². The SMILES string of the molecule is COc1ccc(OC)c(/C(O)=C2\C(=O)C(=O)N(Cc3ccc(F)cc3)C2c2ccncc2)c1. The first-order valence-corrected chi connectivity index (χ1v) is 10.1. The second kappa shape index (κ2) is 9.12. The molecule has 0 spiro atoms. The van der Waals surface area contributed by atoms with E-state index in [4.69, 9.17) is 9.47 Å². The Morgan fingerprint density at radius 3 is 2.36 bits per heavy atom. The molecule has 0 aliphatic carbocycles. The van der Waals surface area contributed by atoms with Gasteiger partial charge in [0.15, 0.2) is 0 Å². The van der Waals surface area contributed by atoms with E-state index < -0.39 is 23.5 Å². The maximum absolute atomic E-state index is 13.4. The molecule has 2 aromatic carbocycles. The van der Waals surface area contributed by atoms with Crippen LogP contribution >= 0.6 is 0 Å². The number of amides is 1. The third-order valence-corrected chi connectivity index (χ3v) is 5.49. The Hall–Kier alpha value is -4.20. The van der Waals surface area contributed by atoms with Crippen molar-refractivity contribution in [2.75, 3.05) is 14.2 Å². The molecule has 0 radical (unpaired) electrons. The number of ether oxygens (including phenoxy) is 2. The largest absolute Gasteiger partial charge is 0.507 e. The molecule has 0 saturated carbocycles. The Morgan fingerprint density at radius 1 is 1.03 bits per heavy atom. The van der Waals surface area contributed by atoms with Crippen molar-refractivity contribution in [3.8, 4) is 11.5 Å². The molecule has 1 N–H and O–H groups in total. The Kier molecular flexibility index (Phi) is 6.08. The normalized spacial score (nSPS) is 17.3. The van der Waals surface area contributed by atoms with E-state index in [0.717, 1.165) is 0 Å². The number of Topliss-reactive ketones (excluding diaryl/α,β-unsaturated/α-hetero) is 1. The van der Waals surface area contributed by atoms with Crippen LogP contribution in [0.25, 0.3) is 5.76 Å². The number of hydrogen-bond donors (Lipinski definition) is 1. The van der Waals surface area contributed by atoms with E-state index in [-0.39, 0.29) is 23.4 Å². The first-order chi connectivity index (χ1) is 15.9. The Bertz CT molecular complexity index is 1230. The number of halogens is 1. The lowest BCUT2D eigenvalue weighted by Crippen LogP contribution is -2.29. The molecule has 2 heterocycles. The average Bonchev–Trinajstić information content (AvgIpc) is 3.10. The van der Waals surface area contributed by atoms with Crippen LogP contribution in [0.15, 0.2) is 72.6 Å². The lowest BCUT2D eigenvalue weighted by molar-refractivity contribution is -0.140. The number of ketones is 1. The molecule has 3 aromatic rings. The van der Waals surface area contributed by atoms with Crippen LogP contribution in [0, 0.1) is 5.82 Å². The van der Waals surface area contributed by atoms with Gasteiger partial charge in [0.2, 0.25) is 0 Å². The zero-order chi connectivity index (χ0) is 23.5. The number of pyridine rings is 1. The quantitative estimate of drug-likeness (QED) is 0.350. The van der Waals surface area contributed by atoms with Gasteiger partial charge in [-0.2, -0.15) is 0 Å². The Labute approximate surface area is 189 Å². The number of likely N-dealkylation sites (tertiary alicyclic amines) is 1. The highest BCUT2D eigenvalue weighted by molar-refractivity contribution is 6.46. The summed E-state index contributed by atoms with van der Waals surface area (Å²) in [5, 5.41) is 11.3. The van der Waals surface area contributed by atoms with Crippen LogP contribution in [0.4, 0.5) is 4.39 Å². The van der Waals surface area contributed by atoms with Gasteiger partial charge in [0.25, 0.3) is 11.7 Å². The first kappa shape index (κ1) is 22.0. The van der Waals surface area contributed by atoms with Crippen molar-refractivity contribution < 1.29 is 28.6 Å². The maximum atomic E-state index is 13.4. The third kappa shape index (κ3) is 4.15. The molecule has 1 aliphatic heterocycles. The number of rotatable bonds is 6. The van der Waals surface area contributed by atoms with Gasteiger partial charge in [-0.3, -0.25) is 14.6 Å². The Balaban J connectivity index is 1.88. The highest BCUT2D eigenvalue weighted by Crippen LogP contribution is 2.42. The minimum absolute atomic E-state index is 0.0455. The number of nitrogens with zero attached hydrogens (tertiary/aromatic N) is 2. The van der Waals surface area contributed by atoms with E-state index in [9.17, 15) is 19.1 Å². The van der Waals surface area contributed by atoms with E-state index in [1.165, 1.54) is 37.3 Å². The third-order valence-electron chi connectivity index (χ3n) is 5.49. The summed E-state index contributed by atoms with van der Waals surface area (Å²) in [6, 6.07) is 12.9. The lowest BCUT2D eigenvalue weighted by Gasteiger charge is -2.25. The van der Waals surface area contributed by atoms with Gasteiger partial charge in [-0.25, -0.2) is 4.39 Å². The summed E-state index contributed by atoms with van der Waals surface area (Å²) in [6.45, 7) is 0.0455. The molecule has 7 nitrogen and oxygen atoms in total. The summed E-state index contributed by atoms with van der Waals surface area (Å²) in [5.74, 6) is -1.64.